The van der Waals surface area contributed by atoms with Crippen LogP contribution in [0.15, 0.2) is 71.9 Å². The van der Waals surface area contributed by atoms with Gasteiger partial charge in [-0.2, -0.15) is 18.7 Å². The Kier molecular flexibility index (Phi) is 4.37. The van der Waals surface area contributed by atoms with Crippen molar-refractivity contribution in [3.05, 3.63) is 78.0 Å². The number of nitrogens with zero attached hydrogens (tertiary/aromatic N) is 2. The topological polar surface area (TPSA) is 53.6 Å². The Morgan fingerprint density at radius 3 is 1.96 bits per heavy atom. The maximum atomic E-state index is 13.3. The first-order valence-electron chi connectivity index (χ1n) is 7.23. The zero-order valence-corrected chi connectivity index (χ0v) is 12.5. The second-order valence-electron chi connectivity index (χ2n) is 5.20. The minimum absolute atomic E-state index is 0.274. The minimum atomic E-state index is -4.56. The van der Waals surface area contributed by atoms with E-state index < -0.39 is 12.3 Å². The third kappa shape index (κ3) is 3.17. The predicted molar refractivity (Wildman–Crippen MR) is 86.4 cm³/mol. The molecule has 0 radical (unpaired) electrons. The molecule has 1 atom stereocenters. The molecule has 2 aromatic rings. The van der Waals surface area contributed by atoms with Gasteiger partial charge < -0.3 is 0 Å². The van der Waals surface area contributed by atoms with Crippen LogP contribution in [0.1, 0.15) is 11.1 Å². The molecule has 0 amide bonds. The molecular weight excluding hydrogens is 317 g/mol. The molecule has 1 heterocycles. The Morgan fingerprint density at radius 2 is 1.46 bits per heavy atom. The maximum Gasteiger partial charge on any atom is 0.430 e. The second-order valence-corrected chi connectivity index (χ2v) is 5.20. The van der Waals surface area contributed by atoms with Crippen LogP contribution in [0.25, 0.3) is 5.57 Å². The van der Waals surface area contributed by atoms with Gasteiger partial charge in [0, 0.05) is 17.3 Å². The molecular formula is C17H15F3N4. The Morgan fingerprint density at radius 1 is 0.917 bits per heavy atom. The summed E-state index contributed by atoms with van der Waals surface area (Å²) < 4.78 is 40.0. The summed E-state index contributed by atoms with van der Waals surface area (Å²) in [6, 6.07) is 17.9. The van der Waals surface area contributed by atoms with Gasteiger partial charge in [-0.05, 0) is 5.56 Å². The van der Waals surface area contributed by atoms with Crippen LogP contribution in [0.5, 0.6) is 0 Å². The molecule has 4 nitrogen and oxygen atoms in total. The zero-order valence-electron chi connectivity index (χ0n) is 12.5. The fraction of sp³-hybridized carbons (Fsp3) is 0.118. The molecule has 0 aliphatic carbocycles. The Bertz CT molecular complexity index is 754. The van der Waals surface area contributed by atoms with Gasteiger partial charge in [-0.15, -0.1) is 0 Å². The number of alkyl halides is 3. The number of nitrogens with two attached hydrogens (primary N) is 1. The summed E-state index contributed by atoms with van der Waals surface area (Å²) >= 11 is 0. The van der Waals surface area contributed by atoms with Gasteiger partial charge in [-0.1, -0.05) is 60.7 Å². The van der Waals surface area contributed by atoms with Gasteiger partial charge in [-0.3, -0.25) is 10.9 Å². The Balaban J connectivity index is 2.15. The molecule has 1 unspecified atom stereocenters. The van der Waals surface area contributed by atoms with E-state index in [4.69, 9.17) is 5.84 Å². The van der Waals surface area contributed by atoms with Crippen LogP contribution in [0, 0.1) is 0 Å². The van der Waals surface area contributed by atoms with Crippen molar-refractivity contribution < 1.29 is 13.2 Å². The lowest BCUT2D eigenvalue weighted by atomic mass is 9.95. The molecule has 1 aliphatic rings. The van der Waals surface area contributed by atoms with Crippen molar-refractivity contribution in [1.82, 2.24) is 10.5 Å². The summed E-state index contributed by atoms with van der Waals surface area (Å²) in [6.45, 7) is 0. The number of rotatable bonds is 3. The van der Waals surface area contributed by atoms with Gasteiger partial charge >= 0.3 is 6.18 Å². The number of halogens is 3. The van der Waals surface area contributed by atoms with Crippen molar-refractivity contribution in [2.45, 2.75) is 12.3 Å². The van der Waals surface area contributed by atoms with E-state index in [1.807, 2.05) is 30.3 Å². The summed E-state index contributed by atoms with van der Waals surface area (Å²) in [5.41, 5.74) is 4.25. The molecule has 24 heavy (non-hydrogen) atoms. The van der Waals surface area contributed by atoms with Crippen molar-refractivity contribution in [3.8, 4) is 0 Å². The van der Waals surface area contributed by atoms with Gasteiger partial charge in [0.25, 0.3) is 0 Å². The van der Waals surface area contributed by atoms with Gasteiger partial charge in [0.05, 0.1) is 5.71 Å². The molecule has 0 spiro atoms. The van der Waals surface area contributed by atoms with Crippen molar-refractivity contribution >= 4 is 11.3 Å². The van der Waals surface area contributed by atoms with Crippen LogP contribution in [0.4, 0.5) is 13.2 Å². The average Bonchev–Trinajstić information content (AvgIpc) is 2.61. The van der Waals surface area contributed by atoms with E-state index in [0.717, 1.165) is 10.6 Å². The molecule has 3 rings (SSSR count). The predicted octanol–water partition coefficient (Wildman–Crippen LogP) is 3.10. The van der Waals surface area contributed by atoms with Gasteiger partial charge in [0.1, 0.15) is 0 Å². The molecule has 3 N–H and O–H groups in total. The smallest absolute Gasteiger partial charge is 0.269 e. The van der Waals surface area contributed by atoms with Crippen LogP contribution >= 0.6 is 0 Å². The fourth-order valence-electron chi connectivity index (χ4n) is 2.52. The number of hydrogen-bond acceptors (Lipinski definition) is 4. The summed E-state index contributed by atoms with van der Waals surface area (Å²) in [5, 5.41) is 0.759. The highest BCUT2D eigenvalue weighted by atomic mass is 19.4. The van der Waals surface area contributed by atoms with Gasteiger partial charge in [0.2, 0.25) is 6.17 Å². The standard InChI is InChI=1S/C17H15F3N4/c18-17(19,20)16-22-15(13-9-5-2-6-10-13)14(11-24(16)23-21)12-7-3-1-4-8-12/h1-11,16,23H,21H2. The van der Waals surface area contributed by atoms with E-state index in [1.165, 1.54) is 6.20 Å². The SMILES string of the molecule is NNN1C=C(c2ccccc2)C(c2ccccc2)=NC1C(F)(F)F. The molecule has 0 aromatic heterocycles. The first kappa shape index (κ1) is 16.2. The second kappa shape index (κ2) is 6.46. The molecule has 7 heteroatoms. The molecule has 0 saturated carbocycles. The summed E-state index contributed by atoms with van der Waals surface area (Å²) in [6.07, 6.45) is -5.32. The van der Waals surface area contributed by atoms with Crippen molar-refractivity contribution in [2.24, 2.45) is 10.8 Å². The van der Waals surface area contributed by atoms with Crippen molar-refractivity contribution in [2.75, 3.05) is 0 Å². The van der Waals surface area contributed by atoms with E-state index in [2.05, 4.69) is 10.5 Å². The lowest BCUT2D eigenvalue weighted by Gasteiger charge is -2.33. The number of benzene rings is 2. The molecule has 2 aromatic carbocycles. The molecule has 0 bridgehead atoms. The first-order valence-corrected chi connectivity index (χ1v) is 7.23. The van der Waals surface area contributed by atoms with Crippen molar-refractivity contribution in [3.63, 3.8) is 0 Å². The van der Waals surface area contributed by atoms with Crippen LogP contribution in [-0.4, -0.2) is 23.1 Å². The number of nitrogens with one attached hydrogen (secondary N) is 1. The number of allylic oxidation sites excluding steroid dienone is 1. The third-order valence-electron chi connectivity index (χ3n) is 3.61. The summed E-state index contributed by atoms with van der Waals surface area (Å²) in [5.74, 6) is 5.28. The maximum absolute atomic E-state index is 13.3. The van der Waals surface area contributed by atoms with E-state index in [9.17, 15) is 13.2 Å². The molecule has 124 valence electrons. The number of aliphatic imine (C=N–C) groups is 1. The van der Waals surface area contributed by atoms with Crippen molar-refractivity contribution in [1.29, 1.82) is 0 Å². The van der Waals surface area contributed by atoms with E-state index in [1.54, 1.807) is 30.3 Å². The van der Waals surface area contributed by atoms with E-state index in [0.29, 0.717) is 11.1 Å². The summed E-state index contributed by atoms with van der Waals surface area (Å²) in [7, 11) is 0. The fourth-order valence-corrected chi connectivity index (χ4v) is 2.52. The Hall–Kier alpha value is -2.64. The molecule has 1 aliphatic heterocycles. The summed E-state index contributed by atoms with van der Waals surface area (Å²) in [4.78, 5) is 3.94. The minimum Gasteiger partial charge on any atom is -0.269 e. The number of hydrazine groups is 2. The van der Waals surface area contributed by atoms with Crippen LogP contribution in [0.2, 0.25) is 0 Å². The highest BCUT2D eigenvalue weighted by Gasteiger charge is 2.45. The number of hydrogen-bond donors (Lipinski definition) is 2. The normalized spacial score (nSPS) is 18.2. The van der Waals surface area contributed by atoms with Crippen LogP contribution < -0.4 is 11.4 Å². The lowest BCUT2D eigenvalue weighted by Crippen LogP contribution is -2.53. The Labute approximate surface area is 137 Å². The molecule has 0 fully saturated rings. The lowest BCUT2D eigenvalue weighted by molar-refractivity contribution is -0.181. The van der Waals surface area contributed by atoms with E-state index >= 15 is 0 Å². The third-order valence-corrected chi connectivity index (χ3v) is 3.61. The van der Waals surface area contributed by atoms with Gasteiger partial charge in [0.15, 0.2) is 0 Å². The van der Waals surface area contributed by atoms with Crippen LogP contribution in [0.3, 0.4) is 0 Å². The largest absolute Gasteiger partial charge is 0.430 e. The average molecular weight is 332 g/mol. The highest BCUT2D eigenvalue weighted by molar-refractivity contribution is 6.32. The highest BCUT2D eigenvalue weighted by Crippen LogP contribution is 2.32. The van der Waals surface area contributed by atoms with Gasteiger partial charge in [-0.25, -0.2) is 4.99 Å². The first-order chi connectivity index (χ1) is 11.5. The monoisotopic (exact) mass is 332 g/mol. The van der Waals surface area contributed by atoms with E-state index in [-0.39, 0.29) is 5.71 Å². The zero-order chi connectivity index (χ0) is 17.2. The molecule has 0 saturated heterocycles. The van der Waals surface area contributed by atoms with Crippen LogP contribution in [-0.2, 0) is 0 Å². The quantitative estimate of drug-likeness (QED) is 0.671.